The summed E-state index contributed by atoms with van der Waals surface area (Å²) in [5.41, 5.74) is 3.81. The predicted octanol–water partition coefficient (Wildman–Crippen LogP) is 3.98. The molecule has 4 nitrogen and oxygen atoms in total. The van der Waals surface area contributed by atoms with Crippen molar-refractivity contribution in [2.45, 2.75) is 27.1 Å². The van der Waals surface area contributed by atoms with Crippen LogP contribution in [0.5, 0.6) is 5.75 Å². The van der Waals surface area contributed by atoms with E-state index in [9.17, 15) is 0 Å². The number of para-hydroxylation sites is 1. The largest absolute Gasteiger partial charge is 0.493 e. The molecule has 3 rings (SSSR count). The molecule has 1 aromatic carbocycles. The first-order valence-corrected chi connectivity index (χ1v) is 7.25. The summed E-state index contributed by atoms with van der Waals surface area (Å²) in [4.78, 5) is 4.76. The van der Waals surface area contributed by atoms with Gasteiger partial charge in [-0.2, -0.15) is 0 Å². The molecule has 2 aromatic rings. The molecule has 2 heterocycles. The molecule has 1 atom stereocenters. The van der Waals surface area contributed by atoms with Gasteiger partial charge in [-0.25, -0.2) is 4.98 Å². The number of hydrogen-bond acceptors (Lipinski definition) is 4. The first kappa shape index (κ1) is 13.9. The van der Waals surface area contributed by atoms with E-state index in [1.807, 2.05) is 32.1 Å². The van der Waals surface area contributed by atoms with Crippen molar-refractivity contribution < 1.29 is 14.2 Å². The summed E-state index contributed by atoms with van der Waals surface area (Å²) in [6.45, 7) is 7.13. The van der Waals surface area contributed by atoms with Crippen LogP contribution in [0.15, 0.2) is 24.5 Å². The molecule has 0 saturated heterocycles. The zero-order valence-electron chi connectivity index (χ0n) is 12.6. The van der Waals surface area contributed by atoms with Crippen molar-refractivity contribution in [1.82, 2.24) is 4.98 Å². The van der Waals surface area contributed by atoms with Crippen LogP contribution in [0.25, 0.3) is 17.0 Å². The molecule has 1 aliphatic heterocycles. The van der Waals surface area contributed by atoms with Crippen molar-refractivity contribution in [2.24, 2.45) is 0 Å². The lowest BCUT2D eigenvalue weighted by atomic mass is 10.0. The highest BCUT2D eigenvalue weighted by atomic mass is 16.7. The zero-order chi connectivity index (χ0) is 14.8. The third kappa shape index (κ3) is 2.36. The molecule has 0 radical (unpaired) electrons. The third-order valence-corrected chi connectivity index (χ3v) is 3.51. The fraction of sp³-hybridized carbons (Fsp3) is 0.353. The Hall–Kier alpha value is -2.07. The Morgan fingerprint density at radius 3 is 2.86 bits per heavy atom. The van der Waals surface area contributed by atoms with E-state index in [0.717, 1.165) is 33.5 Å². The molecule has 1 unspecified atom stereocenters. The highest BCUT2D eigenvalue weighted by molar-refractivity contribution is 5.90. The second-order valence-corrected chi connectivity index (χ2v) is 4.87. The van der Waals surface area contributed by atoms with Gasteiger partial charge in [0.2, 0.25) is 6.29 Å². The number of hydrogen-bond donors (Lipinski definition) is 0. The van der Waals surface area contributed by atoms with Gasteiger partial charge >= 0.3 is 0 Å². The van der Waals surface area contributed by atoms with Crippen LogP contribution >= 0.6 is 0 Å². The Morgan fingerprint density at radius 1 is 1.24 bits per heavy atom. The van der Waals surface area contributed by atoms with Gasteiger partial charge in [0.15, 0.2) is 0 Å². The molecular weight excluding hydrogens is 266 g/mol. The lowest BCUT2D eigenvalue weighted by Crippen LogP contribution is -2.14. The van der Waals surface area contributed by atoms with E-state index in [-0.39, 0.29) is 0 Å². The van der Waals surface area contributed by atoms with Crippen LogP contribution in [0.2, 0.25) is 0 Å². The Bertz CT molecular complexity index is 694. The van der Waals surface area contributed by atoms with Gasteiger partial charge in [-0.15, -0.1) is 0 Å². The van der Waals surface area contributed by atoms with Crippen LogP contribution in [-0.4, -0.2) is 18.2 Å². The number of pyridine rings is 1. The molecule has 0 spiro atoms. The average molecular weight is 285 g/mol. The van der Waals surface area contributed by atoms with Crippen LogP contribution in [0, 0.1) is 6.92 Å². The van der Waals surface area contributed by atoms with Crippen molar-refractivity contribution in [3.8, 4) is 5.75 Å². The molecule has 0 N–H and O–H groups in total. The number of ether oxygens (including phenoxy) is 3. The second-order valence-electron chi connectivity index (χ2n) is 4.87. The Kier molecular flexibility index (Phi) is 3.80. The molecule has 1 aliphatic rings. The van der Waals surface area contributed by atoms with Gasteiger partial charge in [0.1, 0.15) is 5.75 Å². The number of benzene rings is 1. The molecule has 110 valence electrons. The van der Waals surface area contributed by atoms with Crippen molar-refractivity contribution in [1.29, 1.82) is 0 Å². The van der Waals surface area contributed by atoms with E-state index < -0.39 is 6.29 Å². The lowest BCUT2D eigenvalue weighted by molar-refractivity contribution is -0.108. The topological polar surface area (TPSA) is 40.6 Å². The Labute approximate surface area is 124 Å². The molecule has 0 aliphatic carbocycles. The summed E-state index contributed by atoms with van der Waals surface area (Å²) in [5, 5.41) is 0.999. The summed E-state index contributed by atoms with van der Waals surface area (Å²) >= 11 is 0. The number of aryl methyl sites for hydroxylation is 1. The van der Waals surface area contributed by atoms with E-state index in [2.05, 4.69) is 13.0 Å². The monoisotopic (exact) mass is 285 g/mol. The van der Waals surface area contributed by atoms with Crippen LogP contribution in [0.1, 0.15) is 37.0 Å². The minimum atomic E-state index is -0.464. The fourth-order valence-electron chi connectivity index (χ4n) is 2.60. The first-order valence-electron chi connectivity index (χ1n) is 7.25. The molecule has 0 bridgehead atoms. The Balaban J connectivity index is 2.30. The molecule has 1 aromatic heterocycles. The molecular formula is C17H19NO3. The number of aromatic nitrogens is 1. The molecule has 21 heavy (non-hydrogen) atoms. The maximum atomic E-state index is 5.92. The van der Waals surface area contributed by atoms with Crippen molar-refractivity contribution >= 4 is 17.0 Å². The lowest BCUT2D eigenvalue weighted by Gasteiger charge is -2.25. The number of nitrogens with zero attached hydrogens (tertiary/aromatic N) is 1. The number of fused-ring (bicyclic) bond motifs is 2. The number of rotatable bonds is 4. The summed E-state index contributed by atoms with van der Waals surface area (Å²) in [5.74, 6) is 0.809. The van der Waals surface area contributed by atoms with Gasteiger partial charge in [-0.05, 0) is 38.5 Å². The fourth-order valence-corrected chi connectivity index (χ4v) is 2.60. The van der Waals surface area contributed by atoms with E-state index >= 15 is 0 Å². The standard InChI is InChI=1S/C17H19NO3/c1-4-19-16-12-8-6-7-11(3)15(12)18-13-9-10-21-17(14(13)16)20-5-2/h6-10,17H,4-5H2,1-3H3. The van der Waals surface area contributed by atoms with Crippen LogP contribution in [-0.2, 0) is 9.47 Å². The van der Waals surface area contributed by atoms with Gasteiger partial charge in [0, 0.05) is 12.0 Å². The average Bonchev–Trinajstić information content (AvgIpc) is 2.49. The molecule has 0 amide bonds. The quantitative estimate of drug-likeness (QED) is 0.852. The van der Waals surface area contributed by atoms with Crippen LogP contribution < -0.4 is 4.74 Å². The third-order valence-electron chi connectivity index (χ3n) is 3.51. The maximum Gasteiger partial charge on any atom is 0.231 e. The van der Waals surface area contributed by atoms with Crippen molar-refractivity contribution in [3.05, 3.63) is 41.3 Å². The minimum Gasteiger partial charge on any atom is -0.493 e. The van der Waals surface area contributed by atoms with Gasteiger partial charge in [0.25, 0.3) is 0 Å². The zero-order valence-corrected chi connectivity index (χ0v) is 12.6. The van der Waals surface area contributed by atoms with Gasteiger partial charge in [-0.1, -0.05) is 12.1 Å². The van der Waals surface area contributed by atoms with Crippen molar-refractivity contribution in [3.63, 3.8) is 0 Å². The van der Waals surface area contributed by atoms with Crippen LogP contribution in [0.4, 0.5) is 0 Å². The highest BCUT2D eigenvalue weighted by Gasteiger charge is 2.27. The predicted molar refractivity (Wildman–Crippen MR) is 82.1 cm³/mol. The minimum absolute atomic E-state index is 0.464. The first-order chi connectivity index (χ1) is 10.3. The highest BCUT2D eigenvalue weighted by Crippen LogP contribution is 2.40. The van der Waals surface area contributed by atoms with E-state index in [0.29, 0.717) is 13.2 Å². The van der Waals surface area contributed by atoms with Gasteiger partial charge in [0.05, 0.1) is 29.6 Å². The van der Waals surface area contributed by atoms with Gasteiger partial charge < -0.3 is 14.2 Å². The second kappa shape index (κ2) is 5.74. The molecule has 4 heteroatoms. The summed E-state index contributed by atoms with van der Waals surface area (Å²) in [7, 11) is 0. The normalized spacial score (nSPS) is 16.6. The van der Waals surface area contributed by atoms with Crippen LogP contribution in [0.3, 0.4) is 0 Å². The molecule has 0 fully saturated rings. The SMILES string of the molecule is CCOc1c2c(nc3c(C)cccc13)C=COC2OCC. The summed E-state index contributed by atoms with van der Waals surface area (Å²) < 4.78 is 17.2. The Morgan fingerprint density at radius 2 is 2.10 bits per heavy atom. The van der Waals surface area contributed by atoms with E-state index in [4.69, 9.17) is 19.2 Å². The van der Waals surface area contributed by atoms with Gasteiger partial charge in [-0.3, -0.25) is 0 Å². The summed E-state index contributed by atoms with van der Waals surface area (Å²) in [6, 6.07) is 6.10. The summed E-state index contributed by atoms with van der Waals surface area (Å²) in [6.07, 6.45) is 3.03. The van der Waals surface area contributed by atoms with E-state index in [1.165, 1.54) is 0 Å². The molecule has 0 saturated carbocycles. The van der Waals surface area contributed by atoms with Crippen molar-refractivity contribution in [2.75, 3.05) is 13.2 Å². The maximum absolute atomic E-state index is 5.92. The smallest absolute Gasteiger partial charge is 0.231 e. The van der Waals surface area contributed by atoms with E-state index in [1.54, 1.807) is 6.26 Å².